The molecule has 2 saturated carbocycles. The van der Waals surface area contributed by atoms with Gasteiger partial charge in [0.25, 0.3) is 5.91 Å². The average molecular weight is 376 g/mol. The molecule has 0 unspecified atom stereocenters. The van der Waals surface area contributed by atoms with Crippen molar-refractivity contribution in [2.45, 2.75) is 44.7 Å². The van der Waals surface area contributed by atoms with Crippen molar-refractivity contribution in [3.63, 3.8) is 0 Å². The van der Waals surface area contributed by atoms with Crippen LogP contribution in [0.5, 0.6) is 11.5 Å². The quantitative estimate of drug-likeness (QED) is 0.651. The lowest BCUT2D eigenvalue weighted by Gasteiger charge is -2.42. The van der Waals surface area contributed by atoms with E-state index in [0.29, 0.717) is 29.6 Å². The third-order valence-corrected chi connectivity index (χ3v) is 5.22. The monoisotopic (exact) mass is 376 g/mol. The van der Waals surface area contributed by atoms with Crippen LogP contribution in [0.3, 0.4) is 0 Å². The maximum Gasteiger partial charge on any atom is 0.317 e. The highest BCUT2D eigenvalue weighted by atomic mass is 16.5. The first kappa shape index (κ1) is 19.5. The molecule has 7 nitrogen and oxygen atoms in total. The van der Waals surface area contributed by atoms with Gasteiger partial charge >= 0.3 is 5.97 Å². The summed E-state index contributed by atoms with van der Waals surface area (Å²) in [4.78, 5) is 25.7. The average Bonchev–Trinajstić information content (AvgIpc) is 3.41. The van der Waals surface area contributed by atoms with Crippen LogP contribution < -0.4 is 14.8 Å². The number of carbonyl (C=O) groups excluding carboxylic acids is 1. The molecule has 1 amide bonds. The fraction of sp³-hybridized carbons (Fsp3) is 0.600. The topological polar surface area (TPSA) is 88.1 Å². The van der Waals surface area contributed by atoms with E-state index in [1.165, 1.54) is 12.8 Å². The van der Waals surface area contributed by atoms with Crippen molar-refractivity contribution in [3.8, 4) is 11.5 Å². The number of carboxylic acid groups (broad SMARTS) is 1. The molecule has 0 aromatic heterocycles. The standard InChI is InChI=1S/C20H28N2O5/c1-3-27-17-7-6-14(8-18(17)26-2)20(25)21-15-9-16(10-15)22(12-19(23)24)11-13-4-5-13/h6-8,13,15-16H,3-5,9-12H2,1-2H3,(H,21,25)(H,23,24). The molecule has 0 atom stereocenters. The lowest BCUT2D eigenvalue weighted by atomic mass is 9.85. The van der Waals surface area contributed by atoms with Gasteiger partial charge in [-0.2, -0.15) is 0 Å². The van der Waals surface area contributed by atoms with Gasteiger partial charge in [-0.25, -0.2) is 0 Å². The van der Waals surface area contributed by atoms with Crippen LogP contribution in [0.1, 0.15) is 43.0 Å². The molecule has 0 spiro atoms. The molecule has 27 heavy (non-hydrogen) atoms. The Bertz CT molecular complexity index is 683. The second-order valence-corrected chi connectivity index (χ2v) is 7.36. The van der Waals surface area contributed by atoms with Crippen LogP contribution in [0.15, 0.2) is 18.2 Å². The van der Waals surface area contributed by atoms with Gasteiger partial charge in [-0.15, -0.1) is 0 Å². The smallest absolute Gasteiger partial charge is 0.317 e. The Morgan fingerprint density at radius 2 is 2.00 bits per heavy atom. The highest BCUT2D eigenvalue weighted by molar-refractivity contribution is 5.95. The van der Waals surface area contributed by atoms with Crippen molar-refractivity contribution < 1.29 is 24.2 Å². The second-order valence-electron chi connectivity index (χ2n) is 7.36. The number of nitrogens with one attached hydrogen (secondary N) is 1. The SMILES string of the molecule is CCOc1ccc(C(=O)NC2CC(N(CC(=O)O)CC3CC3)C2)cc1OC. The van der Waals surface area contributed by atoms with Crippen LogP contribution in [0.25, 0.3) is 0 Å². The lowest BCUT2D eigenvalue weighted by Crippen LogP contribution is -2.55. The van der Waals surface area contributed by atoms with Crippen LogP contribution >= 0.6 is 0 Å². The Kier molecular flexibility index (Phi) is 6.21. The number of amides is 1. The molecule has 0 heterocycles. The Balaban J connectivity index is 1.52. The van der Waals surface area contributed by atoms with Gasteiger partial charge in [0.2, 0.25) is 0 Å². The van der Waals surface area contributed by atoms with E-state index in [4.69, 9.17) is 14.6 Å². The van der Waals surface area contributed by atoms with Gasteiger partial charge in [0, 0.05) is 24.2 Å². The van der Waals surface area contributed by atoms with E-state index in [-0.39, 0.29) is 24.5 Å². The van der Waals surface area contributed by atoms with Crippen molar-refractivity contribution in [2.24, 2.45) is 5.92 Å². The Morgan fingerprint density at radius 3 is 2.59 bits per heavy atom. The molecular formula is C20H28N2O5. The molecule has 0 radical (unpaired) electrons. The number of rotatable bonds is 10. The van der Waals surface area contributed by atoms with Crippen molar-refractivity contribution in [3.05, 3.63) is 23.8 Å². The highest BCUT2D eigenvalue weighted by Gasteiger charge is 2.37. The molecule has 2 fully saturated rings. The first-order chi connectivity index (χ1) is 13.0. The van der Waals surface area contributed by atoms with Crippen LogP contribution in [0, 0.1) is 5.92 Å². The molecule has 2 aliphatic rings. The summed E-state index contributed by atoms with van der Waals surface area (Å²) in [6.45, 7) is 3.36. The van der Waals surface area contributed by atoms with Gasteiger partial charge in [0.1, 0.15) is 0 Å². The van der Waals surface area contributed by atoms with Crippen LogP contribution in [0.4, 0.5) is 0 Å². The minimum Gasteiger partial charge on any atom is -0.493 e. The fourth-order valence-electron chi connectivity index (χ4n) is 3.50. The van der Waals surface area contributed by atoms with E-state index in [9.17, 15) is 9.59 Å². The summed E-state index contributed by atoms with van der Waals surface area (Å²) < 4.78 is 10.8. The number of aliphatic carboxylic acids is 1. The predicted molar refractivity (Wildman–Crippen MR) is 100 cm³/mol. The van der Waals surface area contributed by atoms with Crippen LogP contribution in [0.2, 0.25) is 0 Å². The fourth-order valence-corrected chi connectivity index (χ4v) is 3.50. The normalized spacial score (nSPS) is 21.4. The number of benzene rings is 1. The molecule has 148 valence electrons. The van der Waals surface area contributed by atoms with Crippen LogP contribution in [-0.4, -0.2) is 60.8 Å². The summed E-state index contributed by atoms with van der Waals surface area (Å²) >= 11 is 0. The van der Waals surface area contributed by atoms with Gasteiger partial charge < -0.3 is 19.9 Å². The summed E-state index contributed by atoms with van der Waals surface area (Å²) in [5.74, 6) is 0.864. The minimum absolute atomic E-state index is 0.0792. The zero-order chi connectivity index (χ0) is 19.4. The van der Waals surface area contributed by atoms with E-state index in [2.05, 4.69) is 10.2 Å². The zero-order valence-corrected chi connectivity index (χ0v) is 15.9. The minimum atomic E-state index is -0.787. The highest BCUT2D eigenvalue weighted by Crippen LogP contribution is 2.34. The number of hydrogen-bond acceptors (Lipinski definition) is 5. The van der Waals surface area contributed by atoms with Gasteiger partial charge in [0.15, 0.2) is 11.5 Å². The molecule has 2 aliphatic carbocycles. The van der Waals surface area contributed by atoms with Gasteiger partial charge in [0.05, 0.1) is 20.3 Å². The molecule has 2 N–H and O–H groups in total. The Morgan fingerprint density at radius 1 is 1.26 bits per heavy atom. The van der Waals surface area contributed by atoms with E-state index >= 15 is 0 Å². The van der Waals surface area contributed by atoms with E-state index in [1.807, 2.05) is 6.92 Å². The third kappa shape index (κ3) is 5.13. The number of ether oxygens (including phenoxy) is 2. The Hall–Kier alpha value is -2.28. The first-order valence-corrected chi connectivity index (χ1v) is 9.57. The van der Waals surface area contributed by atoms with Crippen molar-refractivity contribution >= 4 is 11.9 Å². The van der Waals surface area contributed by atoms with E-state index in [0.717, 1.165) is 19.4 Å². The zero-order valence-electron chi connectivity index (χ0n) is 15.9. The maximum absolute atomic E-state index is 12.5. The predicted octanol–water partition coefficient (Wildman–Crippen LogP) is 2.15. The second kappa shape index (κ2) is 8.61. The number of nitrogens with zero attached hydrogens (tertiary/aromatic N) is 1. The van der Waals surface area contributed by atoms with Gasteiger partial charge in [-0.1, -0.05) is 0 Å². The molecule has 0 bridgehead atoms. The molecule has 0 aliphatic heterocycles. The van der Waals surface area contributed by atoms with Crippen molar-refractivity contribution in [1.82, 2.24) is 10.2 Å². The van der Waals surface area contributed by atoms with Gasteiger partial charge in [-0.05, 0) is 56.7 Å². The number of carboxylic acids is 1. The lowest BCUT2D eigenvalue weighted by molar-refractivity contribution is -0.139. The molecule has 0 saturated heterocycles. The van der Waals surface area contributed by atoms with E-state index in [1.54, 1.807) is 25.3 Å². The van der Waals surface area contributed by atoms with Crippen molar-refractivity contribution in [1.29, 1.82) is 0 Å². The molecular weight excluding hydrogens is 348 g/mol. The number of methoxy groups -OCH3 is 1. The first-order valence-electron chi connectivity index (χ1n) is 9.57. The Labute approximate surface area is 159 Å². The summed E-state index contributed by atoms with van der Waals surface area (Å²) in [6.07, 6.45) is 3.98. The van der Waals surface area contributed by atoms with Crippen molar-refractivity contribution in [2.75, 3.05) is 26.8 Å². The number of hydrogen-bond donors (Lipinski definition) is 2. The van der Waals surface area contributed by atoms with E-state index < -0.39 is 5.97 Å². The summed E-state index contributed by atoms with van der Waals surface area (Å²) in [6, 6.07) is 5.46. The molecule has 1 aromatic carbocycles. The summed E-state index contributed by atoms with van der Waals surface area (Å²) in [5.41, 5.74) is 0.527. The summed E-state index contributed by atoms with van der Waals surface area (Å²) in [7, 11) is 1.55. The largest absolute Gasteiger partial charge is 0.493 e. The van der Waals surface area contributed by atoms with Crippen LogP contribution in [-0.2, 0) is 4.79 Å². The number of carbonyl (C=O) groups is 2. The summed E-state index contributed by atoms with van der Waals surface area (Å²) in [5, 5.41) is 12.2. The molecule has 3 rings (SSSR count). The maximum atomic E-state index is 12.5. The third-order valence-electron chi connectivity index (χ3n) is 5.22. The molecule has 1 aromatic rings. The molecule has 7 heteroatoms. The van der Waals surface area contributed by atoms with Gasteiger partial charge in [-0.3, -0.25) is 14.5 Å².